The molecule has 32 heavy (non-hydrogen) atoms. The maximum absolute atomic E-state index is 12.7. The molecular formula is C20H16N4O5S3. The van der Waals surface area contributed by atoms with Crippen LogP contribution in [0.1, 0.15) is 17.8 Å². The molecule has 0 fully saturated rings. The number of carbonyl (C=O) groups excluding carboxylic acids is 1. The van der Waals surface area contributed by atoms with Gasteiger partial charge in [-0.25, -0.2) is 18.4 Å². The summed E-state index contributed by atoms with van der Waals surface area (Å²) in [6.07, 6.45) is 2.69. The topological polar surface area (TPSA) is 132 Å². The van der Waals surface area contributed by atoms with E-state index in [1.165, 1.54) is 12.1 Å². The summed E-state index contributed by atoms with van der Waals surface area (Å²) in [5, 5.41) is 14.5. The minimum Gasteiger partial charge on any atom is -0.302 e. The van der Waals surface area contributed by atoms with Crippen LogP contribution in [0.25, 0.3) is 10.2 Å². The number of fused-ring (bicyclic) bond motifs is 1. The van der Waals surface area contributed by atoms with Crippen LogP contribution < -0.4 is 5.32 Å². The van der Waals surface area contributed by atoms with E-state index in [1.807, 2.05) is 24.3 Å². The third-order valence-electron chi connectivity index (χ3n) is 4.49. The molecule has 9 nitrogen and oxygen atoms in total. The molecule has 2 aromatic carbocycles. The van der Waals surface area contributed by atoms with Crippen molar-refractivity contribution in [1.82, 2.24) is 9.97 Å². The summed E-state index contributed by atoms with van der Waals surface area (Å²) in [5.74, 6) is -0.264. The second-order valence-corrected chi connectivity index (χ2v) is 11.0. The molecule has 0 spiro atoms. The number of nitrogens with one attached hydrogen (secondary N) is 1. The van der Waals surface area contributed by atoms with Crippen LogP contribution in [0.2, 0.25) is 0 Å². The third-order valence-corrected chi connectivity index (χ3v) is 8.73. The molecule has 0 aliphatic rings. The number of benzene rings is 2. The van der Waals surface area contributed by atoms with Crippen molar-refractivity contribution in [2.24, 2.45) is 0 Å². The highest BCUT2D eigenvalue weighted by Crippen LogP contribution is 2.29. The van der Waals surface area contributed by atoms with E-state index in [9.17, 15) is 23.3 Å². The number of hydrogen-bond donors (Lipinski definition) is 1. The number of para-hydroxylation sites is 1. The van der Waals surface area contributed by atoms with Gasteiger partial charge in [0.1, 0.15) is 4.21 Å². The number of sulfone groups is 1. The second kappa shape index (κ2) is 9.10. The standard InChI is InChI=1S/C20H16N4O5S3/c25-17(6-3-7-18-22-15-4-1-2-5-16(15)30-18)23-20-21-12-19(31-20)32(28,29)14-10-8-13(9-11-14)24(26)27/h1-2,4-5,8-12H,3,6-7H2,(H,21,23,25). The van der Waals surface area contributed by atoms with E-state index in [4.69, 9.17) is 0 Å². The van der Waals surface area contributed by atoms with Crippen molar-refractivity contribution < 1.29 is 18.1 Å². The van der Waals surface area contributed by atoms with Crippen LogP contribution in [0.15, 0.2) is 63.8 Å². The normalized spacial score (nSPS) is 11.5. The van der Waals surface area contributed by atoms with Crippen molar-refractivity contribution in [2.75, 3.05) is 5.32 Å². The first-order valence-corrected chi connectivity index (χ1v) is 12.5. The van der Waals surface area contributed by atoms with E-state index in [2.05, 4.69) is 15.3 Å². The molecule has 4 aromatic rings. The van der Waals surface area contributed by atoms with E-state index in [1.54, 1.807) is 11.3 Å². The zero-order valence-corrected chi connectivity index (χ0v) is 18.9. The summed E-state index contributed by atoms with van der Waals surface area (Å²) in [4.78, 5) is 30.8. The Balaban J connectivity index is 1.34. The first-order chi connectivity index (χ1) is 15.3. The largest absolute Gasteiger partial charge is 0.302 e. The van der Waals surface area contributed by atoms with Gasteiger partial charge >= 0.3 is 0 Å². The molecule has 0 bridgehead atoms. The Hall–Kier alpha value is -3.22. The monoisotopic (exact) mass is 488 g/mol. The highest BCUT2D eigenvalue weighted by atomic mass is 32.2. The third kappa shape index (κ3) is 4.82. The average Bonchev–Trinajstić information content (AvgIpc) is 3.40. The molecule has 164 valence electrons. The molecule has 0 aliphatic carbocycles. The van der Waals surface area contributed by atoms with Crippen molar-refractivity contribution in [1.29, 1.82) is 0 Å². The van der Waals surface area contributed by atoms with Gasteiger partial charge in [-0.15, -0.1) is 11.3 Å². The number of anilines is 1. The van der Waals surface area contributed by atoms with Gasteiger partial charge in [0.05, 0.1) is 31.2 Å². The van der Waals surface area contributed by atoms with Crippen molar-refractivity contribution in [3.05, 3.63) is 69.8 Å². The lowest BCUT2D eigenvalue weighted by atomic mass is 10.2. The Morgan fingerprint density at radius 1 is 1.09 bits per heavy atom. The van der Waals surface area contributed by atoms with Gasteiger partial charge in [-0.1, -0.05) is 23.5 Å². The maximum Gasteiger partial charge on any atom is 0.269 e. The van der Waals surface area contributed by atoms with Crippen molar-refractivity contribution in [3.63, 3.8) is 0 Å². The summed E-state index contributed by atoms with van der Waals surface area (Å²) in [6, 6.07) is 12.5. The average molecular weight is 489 g/mol. The van der Waals surface area contributed by atoms with E-state index >= 15 is 0 Å². The van der Waals surface area contributed by atoms with Crippen LogP contribution >= 0.6 is 22.7 Å². The molecule has 0 saturated heterocycles. The Bertz CT molecular complexity index is 1360. The fraction of sp³-hybridized carbons (Fsp3) is 0.150. The van der Waals surface area contributed by atoms with Gasteiger partial charge in [0.15, 0.2) is 5.13 Å². The summed E-state index contributed by atoms with van der Waals surface area (Å²) >= 11 is 2.43. The SMILES string of the molecule is O=C(CCCc1nc2ccccc2s1)Nc1ncc(S(=O)(=O)c2ccc([N+](=O)[O-])cc2)s1. The summed E-state index contributed by atoms with van der Waals surface area (Å²) in [5.41, 5.74) is 0.744. The Morgan fingerprint density at radius 2 is 1.84 bits per heavy atom. The van der Waals surface area contributed by atoms with E-state index in [-0.39, 0.29) is 32.3 Å². The summed E-state index contributed by atoms with van der Waals surface area (Å²) < 4.78 is 26.4. The number of hydrogen-bond acceptors (Lipinski definition) is 9. The zero-order valence-electron chi connectivity index (χ0n) is 16.4. The Labute approximate surface area is 190 Å². The number of nitro groups is 1. The molecule has 2 aromatic heterocycles. The molecule has 0 radical (unpaired) electrons. The van der Waals surface area contributed by atoms with Gasteiger partial charge in [0.25, 0.3) is 5.69 Å². The van der Waals surface area contributed by atoms with Crippen LogP contribution in [0.3, 0.4) is 0 Å². The number of aromatic nitrogens is 2. The molecule has 4 rings (SSSR count). The van der Waals surface area contributed by atoms with Crippen molar-refractivity contribution >= 4 is 59.5 Å². The molecule has 0 saturated carbocycles. The van der Waals surface area contributed by atoms with Crippen molar-refractivity contribution in [3.8, 4) is 0 Å². The van der Waals surface area contributed by atoms with Gasteiger partial charge in [-0.2, -0.15) is 0 Å². The molecule has 12 heteroatoms. The molecule has 2 heterocycles. The molecule has 1 amide bonds. The fourth-order valence-corrected chi connectivity index (χ4v) is 6.37. The van der Waals surface area contributed by atoms with E-state index < -0.39 is 14.8 Å². The van der Waals surface area contributed by atoms with Gasteiger partial charge in [-0.3, -0.25) is 14.9 Å². The number of non-ortho nitro benzene ring substituents is 1. The van der Waals surface area contributed by atoms with E-state index in [0.717, 1.165) is 44.9 Å². The van der Waals surface area contributed by atoms with Crippen LogP contribution in [-0.4, -0.2) is 29.2 Å². The highest BCUT2D eigenvalue weighted by molar-refractivity contribution is 7.93. The maximum atomic E-state index is 12.7. The number of nitrogens with zero attached hydrogens (tertiary/aromatic N) is 3. The van der Waals surface area contributed by atoms with Crippen LogP contribution in [0, 0.1) is 10.1 Å². The predicted molar refractivity (Wildman–Crippen MR) is 122 cm³/mol. The zero-order chi connectivity index (χ0) is 22.7. The smallest absolute Gasteiger partial charge is 0.269 e. The number of amides is 1. The second-order valence-electron chi connectivity index (χ2n) is 6.72. The van der Waals surface area contributed by atoms with Gasteiger partial charge in [0, 0.05) is 18.6 Å². The summed E-state index contributed by atoms with van der Waals surface area (Å²) in [7, 11) is -3.89. The minimum absolute atomic E-state index is 0.0591. The predicted octanol–water partition coefficient (Wildman–Crippen LogP) is 4.46. The van der Waals surface area contributed by atoms with E-state index in [0.29, 0.717) is 12.8 Å². The molecule has 1 N–H and O–H groups in total. The number of aryl methyl sites for hydroxylation is 1. The highest BCUT2D eigenvalue weighted by Gasteiger charge is 2.22. The Kier molecular flexibility index (Phi) is 6.26. The molecular weight excluding hydrogens is 472 g/mol. The van der Waals surface area contributed by atoms with Crippen molar-refractivity contribution in [2.45, 2.75) is 28.4 Å². The number of rotatable bonds is 8. The minimum atomic E-state index is -3.89. The lowest BCUT2D eigenvalue weighted by Crippen LogP contribution is -2.11. The summed E-state index contributed by atoms with van der Waals surface area (Å²) in [6.45, 7) is 0. The molecule has 0 unspecified atom stereocenters. The number of nitro benzene ring substituents is 1. The van der Waals surface area contributed by atoms with Gasteiger partial charge < -0.3 is 5.32 Å². The first kappa shape index (κ1) is 22.0. The van der Waals surface area contributed by atoms with Crippen LogP contribution in [-0.2, 0) is 21.1 Å². The number of thiazole rings is 2. The van der Waals surface area contributed by atoms with Crippen LogP contribution in [0.4, 0.5) is 10.8 Å². The first-order valence-electron chi connectivity index (χ1n) is 9.42. The number of carbonyl (C=O) groups is 1. The molecule has 0 aliphatic heterocycles. The van der Waals surface area contributed by atoms with Crippen LogP contribution in [0.5, 0.6) is 0 Å². The fourth-order valence-electron chi connectivity index (χ4n) is 2.91. The van der Waals surface area contributed by atoms with Gasteiger partial charge in [-0.05, 0) is 37.1 Å². The molecule has 0 atom stereocenters. The Morgan fingerprint density at radius 3 is 2.56 bits per heavy atom. The van der Waals surface area contributed by atoms with Gasteiger partial charge in [0.2, 0.25) is 15.7 Å². The lowest BCUT2D eigenvalue weighted by Gasteiger charge is -2.01. The lowest BCUT2D eigenvalue weighted by molar-refractivity contribution is -0.384. The quantitative estimate of drug-likeness (QED) is 0.286.